The number of halogens is 1. The summed E-state index contributed by atoms with van der Waals surface area (Å²) in [5.41, 5.74) is 3.31. The monoisotopic (exact) mass is 317 g/mol. The number of aromatic hydroxyl groups is 1. The van der Waals surface area contributed by atoms with Crippen molar-refractivity contribution in [2.75, 3.05) is 27.4 Å². The molecule has 0 amide bonds. The molecule has 0 aliphatic heterocycles. The van der Waals surface area contributed by atoms with Crippen molar-refractivity contribution < 1.29 is 14.6 Å². The summed E-state index contributed by atoms with van der Waals surface area (Å²) in [6, 6.07) is 3.17. The van der Waals surface area contributed by atoms with E-state index in [1.54, 1.807) is 19.2 Å². The number of phenolic OH excluding ortho intramolecular Hbond substituents is 1. The van der Waals surface area contributed by atoms with Gasteiger partial charge in [-0.05, 0) is 29.9 Å². The summed E-state index contributed by atoms with van der Waals surface area (Å²) < 4.78 is 9.87. The minimum absolute atomic E-state index is 0.101. The van der Waals surface area contributed by atoms with Crippen LogP contribution in [0.3, 0.4) is 0 Å². The Morgan fingerprint density at radius 2 is 2.25 bits per heavy atom. The molecule has 0 radical (unpaired) electrons. The lowest BCUT2D eigenvalue weighted by Crippen LogP contribution is -2.34. The minimum atomic E-state index is -0.101. The van der Waals surface area contributed by atoms with Gasteiger partial charge in [-0.15, -0.1) is 0 Å². The number of hydrogen-bond acceptors (Lipinski definition) is 5. The average molecular weight is 318 g/mol. The molecular formula is C12H16ClN3O3S. The molecule has 3 N–H and O–H groups in total. The average Bonchev–Trinajstić information content (AvgIpc) is 2.42. The smallest absolute Gasteiger partial charge is 0.187 e. The highest BCUT2D eigenvalue weighted by Gasteiger charge is 2.07. The highest BCUT2D eigenvalue weighted by molar-refractivity contribution is 7.80. The molecule has 0 atom stereocenters. The number of nitrogens with one attached hydrogen (secondary N) is 2. The Labute approximate surface area is 127 Å². The lowest BCUT2D eigenvalue weighted by Gasteiger charge is -2.07. The van der Waals surface area contributed by atoms with Crippen LogP contribution in [0.5, 0.6) is 11.5 Å². The van der Waals surface area contributed by atoms with E-state index in [1.807, 2.05) is 0 Å². The van der Waals surface area contributed by atoms with Crippen LogP contribution in [0.4, 0.5) is 0 Å². The van der Waals surface area contributed by atoms with Gasteiger partial charge in [0.1, 0.15) is 0 Å². The largest absolute Gasteiger partial charge is 0.503 e. The second kappa shape index (κ2) is 8.57. The molecule has 1 aromatic rings. The number of hydrogen-bond donors (Lipinski definition) is 3. The summed E-state index contributed by atoms with van der Waals surface area (Å²) >= 11 is 10.9. The number of phenols is 1. The third kappa shape index (κ3) is 5.20. The fraction of sp³-hybridized carbons (Fsp3) is 0.333. The standard InChI is InChI=1S/C12H16ClN3O3S/c1-18-4-3-14-12(20)16-15-7-8-5-9(13)11(17)10(6-8)19-2/h5-7,17H,3-4H2,1-2H3,(H2,14,16,20)/b15-7+. The van der Waals surface area contributed by atoms with Crippen molar-refractivity contribution in [3.63, 3.8) is 0 Å². The van der Waals surface area contributed by atoms with Gasteiger partial charge in [-0.1, -0.05) is 11.6 Å². The summed E-state index contributed by atoms with van der Waals surface area (Å²) in [6.07, 6.45) is 1.51. The molecule has 0 heterocycles. The Bertz CT molecular complexity index is 497. The summed E-state index contributed by atoms with van der Waals surface area (Å²) in [7, 11) is 3.05. The van der Waals surface area contributed by atoms with Crippen LogP contribution in [0.15, 0.2) is 17.2 Å². The fourth-order valence-electron chi connectivity index (χ4n) is 1.30. The molecule has 110 valence electrons. The number of methoxy groups -OCH3 is 2. The van der Waals surface area contributed by atoms with Crippen molar-refractivity contribution in [3.05, 3.63) is 22.7 Å². The van der Waals surface area contributed by atoms with E-state index in [1.165, 1.54) is 13.3 Å². The van der Waals surface area contributed by atoms with Crippen LogP contribution in [0.2, 0.25) is 5.02 Å². The van der Waals surface area contributed by atoms with Crippen LogP contribution in [0, 0.1) is 0 Å². The van der Waals surface area contributed by atoms with Gasteiger partial charge in [-0.3, -0.25) is 5.43 Å². The van der Waals surface area contributed by atoms with Crippen LogP contribution in [-0.4, -0.2) is 43.8 Å². The van der Waals surface area contributed by atoms with Crippen molar-refractivity contribution in [3.8, 4) is 11.5 Å². The highest BCUT2D eigenvalue weighted by Crippen LogP contribution is 2.34. The fourth-order valence-corrected chi connectivity index (χ4v) is 1.67. The molecule has 1 rings (SSSR count). The third-order valence-corrected chi connectivity index (χ3v) is 2.77. The quantitative estimate of drug-likeness (QED) is 0.319. The third-order valence-electron chi connectivity index (χ3n) is 2.24. The summed E-state index contributed by atoms with van der Waals surface area (Å²) in [5, 5.41) is 17.0. The Morgan fingerprint density at radius 3 is 2.90 bits per heavy atom. The van der Waals surface area contributed by atoms with E-state index in [2.05, 4.69) is 15.8 Å². The maximum atomic E-state index is 9.60. The first-order chi connectivity index (χ1) is 9.58. The van der Waals surface area contributed by atoms with Crippen LogP contribution in [-0.2, 0) is 4.74 Å². The molecule has 0 aliphatic rings. The van der Waals surface area contributed by atoms with E-state index < -0.39 is 0 Å². The van der Waals surface area contributed by atoms with E-state index in [0.29, 0.717) is 23.8 Å². The first kappa shape index (κ1) is 16.5. The van der Waals surface area contributed by atoms with Gasteiger partial charge in [0.05, 0.1) is 25.0 Å². The molecule has 0 unspecified atom stereocenters. The Hall–Kier alpha value is -1.57. The number of hydrazone groups is 1. The molecule has 6 nitrogen and oxygen atoms in total. The van der Waals surface area contributed by atoms with E-state index in [-0.39, 0.29) is 16.5 Å². The first-order valence-corrected chi connectivity index (χ1v) is 6.49. The Balaban J connectivity index is 2.58. The zero-order valence-electron chi connectivity index (χ0n) is 11.1. The molecule has 0 spiro atoms. The molecule has 0 saturated heterocycles. The van der Waals surface area contributed by atoms with Crippen molar-refractivity contribution in [1.82, 2.24) is 10.7 Å². The molecule has 0 bridgehead atoms. The Morgan fingerprint density at radius 1 is 1.50 bits per heavy atom. The molecule has 0 aromatic heterocycles. The van der Waals surface area contributed by atoms with Gasteiger partial charge in [0.2, 0.25) is 0 Å². The van der Waals surface area contributed by atoms with Gasteiger partial charge in [0.25, 0.3) is 0 Å². The maximum Gasteiger partial charge on any atom is 0.187 e. The zero-order chi connectivity index (χ0) is 15.0. The van der Waals surface area contributed by atoms with E-state index >= 15 is 0 Å². The summed E-state index contributed by atoms with van der Waals surface area (Å²) in [5.74, 6) is 0.177. The lowest BCUT2D eigenvalue weighted by atomic mass is 10.2. The number of benzene rings is 1. The topological polar surface area (TPSA) is 75.1 Å². The highest BCUT2D eigenvalue weighted by atomic mass is 35.5. The minimum Gasteiger partial charge on any atom is -0.503 e. The van der Waals surface area contributed by atoms with Crippen molar-refractivity contribution in [2.24, 2.45) is 5.10 Å². The van der Waals surface area contributed by atoms with Crippen LogP contribution < -0.4 is 15.5 Å². The normalized spacial score (nSPS) is 10.6. The lowest BCUT2D eigenvalue weighted by molar-refractivity contribution is 0.204. The second-order valence-electron chi connectivity index (χ2n) is 3.67. The van der Waals surface area contributed by atoms with Crippen molar-refractivity contribution >= 4 is 35.1 Å². The number of ether oxygens (including phenoxy) is 2. The predicted molar refractivity (Wildman–Crippen MR) is 82.9 cm³/mol. The van der Waals surface area contributed by atoms with Gasteiger partial charge in [-0.2, -0.15) is 5.10 Å². The molecule has 0 aliphatic carbocycles. The zero-order valence-corrected chi connectivity index (χ0v) is 12.7. The Kier molecular flexibility index (Phi) is 7.06. The molecule has 0 fully saturated rings. The molecule has 1 aromatic carbocycles. The van der Waals surface area contributed by atoms with Gasteiger partial charge < -0.3 is 19.9 Å². The van der Waals surface area contributed by atoms with Crippen LogP contribution in [0.1, 0.15) is 5.56 Å². The van der Waals surface area contributed by atoms with Crippen molar-refractivity contribution in [1.29, 1.82) is 0 Å². The first-order valence-electron chi connectivity index (χ1n) is 5.70. The van der Waals surface area contributed by atoms with E-state index in [0.717, 1.165) is 0 Å². The second-order valence-corrected chi connectivity index (χ2v) is 4.49. The van der Waals surface area contributed by atoms with Crippen LogP contribution >= 0.6 is 23.8 Å². The summed E-state index contributed by atoms with van der Waals surface area (Å²) in [6.45, 7) is 1.15. The predicted octanol–water partition coefficient (Wildman–Crippen LogP) is 1.50. The molecule has 8 heteroatoms. The maximum absolute atomic E-state index is 9.60. The number of nitrogens with zero attached hydrogens (tertiary/aromatic N) is 1. The van der Waals surface area contributed by atoms with Gasteiger partial charge >= 0.3 is 0 Å². The van der Waals surface area contributed by atoms with Gasteiger partial charge in [-0.25, -0.2) is 0 Å². The van der Waals surface area contributed by atoms with Crippen molar-refractivity contribution in [2.45, 2.75) is 0 Å². The van der Waals surface area contributed by atoms with Gasteiger partial charge in [0, 0.05) is 13.7 Å². The number of rotatable bonds is 6. The van der Waals surface area contributed by atoms with E-state index in [4.69, 9.17) is 33.3 Å². The molecule has 0 saturated carbocycles. The summed E-state index contributed by atoms with van der Waals surface area (Å²) in [4.78, 5) is 0. The van der Waals surface area contributed by atoms with Gasteiger partial charge in [0.15, 0.2) is 16.6 Å². The molecule has 20 heavy (non-hydrogen) atoms. The number of thiocarbonyl (C=S) groups is 1. The van der Waals surface area contributed by atoms with E-state index in [9.17, 15) is 5.11 Å². The SMILES string of the molecule is COCCNC(=S)N/N=C/c1cc(Cl)c(O)c(OC)c1. The molecular weight excluding hydrogens is 302 g/mol. The van der Waals surface area contributed by atoms with Crippen LogP contribution in [0.25, 0.3) is 0 Å².